The summed E-state index contributed by atoms with van der Waals surface area (Å²) >= 11 is 0. The Morgan fingerprint density at radius 3 is 2.19 bits per heavy atom. The Morgan fingerprint density at radius 2 is 1.62 bits per heavy atom. The van der Waals surface area contributed by atoms with E-state index in [9.17, 15) is 12.9 Å². The van der Waals surface area contributed by atoms with E-state index < -0.39 is 12.4 Å². The van der Waals surface area contributed by atoms with Crippen molar-refractivity contribution in [3.05, 3.63) is 54.1 Å². The molecule has 2 rings (SSSR count). The van der Waals surface area contributed by atoms with Crippen LogP contribution in [0.3, 0.4) is 0 Å². The maximum absolute atomic E-state index is 12.5. The maximum atomic E-state index is 12.5. The molecule has 0 aromatic heterocycles. The Kier molecular flexibility index (Phi) is 7.29. The summed E-state index contributed by atoms with van der Waals surface area (Å²) in [7, 11) is 1.57. The van der Waals surface area contributed by atoms with E-state index in [1.165, 1.54) is 12.1 Å². The van der Waals surface area contributed by atoms with E-state index in [1.54, 1.807) is 7.11 Å². The number of benzene rings is 2. The van der Waals surface area contributed by atoms with Crippen LogP contribution in [-0.2, 0) is 6.61 Å². The quantitative estimate of drug-likeness (QED) is 0.740. The molecule has 2 aromatic carbocycles. The monoisotopic (exact) mass is 320 g/mol. The molecule has 0 bridgehead atoms. The molecule has 0 unspecified atom stereocenters. The first-order valence-electron chi connectivity index (χ1n) is 6.04. The number of methoxy groups -OCH3 is 1. The summed E-state index contributed by atoms with van der Waals surface area (Å²) < 4.78 is 47.9. The predicted octanol–water partition coefficient (Wildman–Crippen LogP) is 0.333. The second-order valence-corrected chi connectivity index (χ2v) is 4.28. The van der Waals surface area contributed by atoms with Gasteiger partial charge in [0.15, 0.2) is 0 Å². The van der Waals surface area contributed by atoms with Crippen LogP contribution in [0.25, 0.3) is 0 Å². The third-order valence-corrected chi connectivity index (χ3v) is 2.80. The summed E-state index contributed by atoms with van der Waals surface area (Å²) in [5.74, 6) is 1.11. The summed E-state index contributed by atoms with van der Waals surface area (Å²) in [6, 6.07) is 12.0. The van der Waals surface area contributed by atoms with Crippen LogP contribution in [0.5, 0.6) is 11.5 Å². The van der Waals surface area contributed by atoms with Crippen LogP contribution in [0.15, 0.2) is 48.5 Å². The molecule has 7 heteroatoms. The zero-order valence-corrected chi connectivity index (χ0v) is 15.0. The minimum Gasteiger partial charge on any atom is -0.497 e. The molecule has 0 saturated carbocycles. The van der Waals surface area contributed by atoms with Crippen LogP contribution in [0.4, 0.5) is 12.9 Å². The van der Waals surface area contributed by atoms with Crippen LogP contribution >= 0.6 is 0 Å². The molecule has 106 valence electrons. The van der Waals surface area contributed by atoms with Crippen LogP contribution in [0.2, 0.25) is 0 Å². The third-order valence-electron chi connectivity index (χ3n) is 2.80. The molecule has 0 N–H and O–H groups in total. The molecule has 0 aliphatic carbocycles. The summed E-state index contributed by atoms with van der Waals surface area (Å²) in [6.45, 7) is -4.69. The zero-order chi connectivity index (χ0) is 14.6. The predicted molar refractivity (Wildman–Crippen MR) is 72.5 cm³/mol. The number of halogens is 3. The minimum atomic E-state index is -4.96. The number of hydrogen-bond donors (Lipinski definition) is 0. The van der Waals surface area contributed by atoms with Crippen LogP contribution in [0.1, 0.15) is 5.56 Å². The van der Waals surface area contributed by atoms with E-state index in [4.69, 9.17) is 9.47 Å². The van der Waals surface area contributed by atoms with Crippen molar-refractivity contribution in [1.29, 1.82) is 0 Å². The third kappa shape index (κ3) is 5.67. The van der Waals surface area contributed by atoms with Crippen molar-refractivity contribution < 1.29 is 73.8 Å². The Morgan fingerprint density at radius 1 is 0.952 bits per heavy atom. The van der Waals surface area contributed by atoms with E-state index in [-0.39, 0.29) is 58.0 Å². The van der Waals surface area contributed by atoms with Gasteiger partial charge in [-0.05, 0) is 29.8 Å². The van der Waals surface area contributed by atoms with Gasteiger partial charge in [0.2, 0.25) is 0 Å². The first kappa shape index (κ1) is 18.6. The molecule has 2 nitrogen and oxygen atoms in total. The number of hydrogen-bond acceptors (Lipinski definition) is 2. The molecule has 2 aromatic rings. The van der Waals surface area contributed by atoms with Gasteiger partial charge in [-0.3, -0.25) is 0 Å². The molecule has 21 heavy (non-hydrogen) atoms. The van der Waals surface area contributed by atoms with Crippen molar-refractivity contribution in [2.75, 3.05) is 7.11 Å². The molecule has 0 amide bonds. The van der Waals surface area contributed by atoms with Gasteiger partial charge in [0.1, 0.15) is 18.1 Å². The van der Waals surface area contributed by atoms with E-state index >= 15 is 0 Å². The SMILES string of the molecule is COc1cccc(COc2ccc([B-](F)(F)F)cc2)c1.[K+]. The molecule has 0 saturated heterocycles. The van der Waals surface area contributed by atoms with Crippen LogP contribution in [-0.4, -0.2) is 14.1 Å². The molecule has 0 heterocycles. The molecular formula is C14H13BF3KO2. The Labute approximate surface area is 164 Å². The van der Waals surface area contributed by atoms with Crippen molar-refractivity contribution in [2.45, 2.75) is 6.61 Å². The molecule has 0 atom stereocenters. The van der Waals surface area contributed by atoms with Gasteiger partial charge in [-0.15, -0.1) is 5.46 Å². The van der Waals surface area contributed by atoms with Gasteiger partial charge in [-0.2, -0.15) is 0 Å². The van der Waals surface area contributed by atoms with E-state index in [0.29, 0.717) is 11.5 Å². The van der Waals surface area contributed by atoms with Gasteiger partial charge in [-0.1, -0.05) is 24.3 Å². The first-order chi connectivity index (χ1) is 9.49. The van der Waals surface area contributed by atoms with Crippen molar-refractivity contribution in [2.24, 2.45) is 0 Å². The maximum Gasteiger partial charge on any atom is 1.00 e. The Bertz CT molecular complexity index is 573. The second-order valence-electron chi connectivity index (χ2n) is 4.28. The van der Waals surface area contributed by atoms with Crippen molar-refractivity contribution in [1.82, 2.24) is 0 Å². The average Bonchev–Trinajstić information content (AvgIpc) is 2.45. The van der Waals surface area contributed by atoms with Crippen LogP contribution in [0, 0.1) is 0 Å². The fourth-order valence-corrected chi connectivity index (χ4v) is 1.71. The smallest absolute Gasteiger partial charge is 0.497 e. The van der Waals surface area contributed by atoms with Gasteiger partial charge < -0.3 is 22.4 Å². The summed E-state index contributed by atoms with van der Waals surface area (Å²) in [6.07, 6.45) is 0. The van der Waals surface area contributed by atoms with Crippen molar-refractivity contribution >= 4 is 12.4 Å². The standard InChI is InChI=1S/C14H13BF3O2.K/c1-19-14-4-2-3-11(9-14)10-20-13-7-5-12(6-8-13)15(16,17)18;/h2-9H,10H2,1H3;/q-1;+1. The van der Waals surface area contributed by atoms with Crippen molar-refractivity contribution in [3.63, 3.8) is 0 Å². The van der Waals surface area contributed by atoms with Gasteiger partial charge in [0, 0.05) is 0 Å². The van der Waals surface area contributed by atoms with E-state index in [1.807, 2.05) is 24.3 Å². The Hall–Kier alpha value is -0.469. The molecule has 0 fully saturated rings. The largest absolute Gasteiger partial charge is 1.00 e. The number of rotatable bonds is 5. The summed E-state index contributed by atoms with van der Waals surface area (Å²) in [5, 5.41) is 0. The van der Waals surface area contributed by atoms with Crippen LogP contribution < -0.4 is 66.3 Å². The van der Waals surface area contributed by atoms with Gasteiger partial charge >= 0.3 is 58.4 Å². The molecule has 0 aliphatic heterocycles. The van der Waals surface area contributed by atoms with E-state index in [0.717, 1.165) is 17.7 Å². The zero-order valence-electron chi connectivity index (χ0n) is 11.9. The summed E-state index contributed by atoms with van der Waals surface area (Å²) in [5.41, 5.74) is 0.257. The summed E-state index contributed by atoms with van der Waals surface area (Å²) in [4.78, 5) is 0. The fraction of sp³-hybridized carbons (Fsp3) is 0.143. The van der Waals surface area contributed by atoms with Gasteiger partial charge in [-0.25, -0.2) is 0 Å². The molecule has 0 radical (unpaired) electrons. The fourth-order valence-electron chi connectivity index (χ4n) is 1.71. The Balaban J connectivity index is 0.00000220. The second kappa shape index (κ2) is 8.24. The first-order valence-corrected chi connectivity index (χ1v) is 6.04. The molecule has 0 spiro atoms. The molecule has 0 aliphatic rings. The normalized spacial score (nSPS) is 10.7. The molecular weight excluding hydrogens is 307 g/mol. The van der Waals surface area contributed by atoms with Gasteiger partial charge in [0.25, 0.3) is 0 Å². The average molecular weight is 320 g/mol. The van der Waals surface area contributed by atoms with E-state index in [2.05, 4.69) is 0 Å². The number of ether oxygens (including phenoxy) is 2. The van der Waals surface area contributed by atoms with Gasteiger partial charge in [0.05, 0.1) is 7.11 Å². The topological polar surface area (TPSA) is 18.5 Å². The minimum absolute atomic E-state index is 0. The van der Waals surface area contributed by atoms with Crippen molar-refractivity contribution in [3.8, 4) is 11.5 Å².